The summed E-state index contributed by atoms with van der Waals surface area (Å²) in [5.41, 5.74) is 1.87. The lowest BCUT2D eigenvalue weighted by atomic mass is 10.0. The number of carbonyl (C=O) groups excluding carboxylic acids is 1. The van der Waals surface area contributed by atoms with Crippen LogP contribution in [0.3, 0.4) is 0 Å². The average molecular weight is 278 g/mol. The van der Waals surface area contributed by atoms with Crippen molar-refractivity contribution in [2.45, 2.75) is 25.8 Å². The normalized spacial score (nSPS) is 11.9. The maximum absolute atomic E-state index is 11.4. The van der Waals surface area contributed by atoms with Gasteiger partial charge < -0.3 is 15.3 Å². The van der Waals surface area contributed by atoms with E-state index in [0.717, 1.165) is 11.1 Å². The molecule has 5 nitrogen and oxygen atoms in total. The number of amides is 1. The van der Waals surface area contributed by atoms with Crippen LogP contribution in [-0.2, 0) is 16.1 Å². The van der Waals surface area contributed by atoms with E-state index < -0.39 is 11.9 Å². The molecule has 0 saturated heterocycles. The molecule has 0 aromatic heterocycles. The average Bonchev–Trinajstić information content (AvgIpc) is 2.43. The van der Waals surface area contributed by atoms with Gasteiger partial charge in [0, 0.05) is 33.6 Å². The van der Waals surface area contributed by atoms with E-state index in [0.29, 0.717) is 19.5 Å². The van der Waals surface area contributed by atoms with Crippen LogP contribution in [0.25, 0.3) is 0 Å². The predicted octanol–water partition coefficient (Wildman–Crippen LogP) is 1.44. The van der Waals surface area contributed by atoms with Gasteiger partial charge in [-0.25, -0.2) is 0 Å². The summed E-state index contributed by atoms with van der Waals surface area (Å²) in [6, 6.07) is 7.49. The van der Waals surface area contributed by atoms with Gasteiger partial charge in [-0.1, -0.05) is 24.3 Å². The highest BCUT2D eigenvalue weighted by Crippen LogP contribution is 2.15. The maximum atomic E-state index is 11.4. The summed E-state index contributed by atoms with van der Waals surface area (Å²) in [5.74, 6) is -1.21. The third-order valence-corrected chi connectivity index (χ3v) is 3.19. The SMILES string of the molecule is CC(C(=O)O)c1ccc(CNCCC(=O)N(C)C)cc1. The molecule has 0 aliphatic rings. The van der Waals surface area contributed by atoms with Gasteiger partial charge in [0.2, 0.25) is 5.91 Å². The minimum absolute atomic E-state index is 0.100. The van der Waals surface area contributed by atoms with Gasteiger partial charge in [0.15, 0.2) is 0 Å². The molecule has 20 heavy (non-hydrogen) atoms. The number of aliphatic carboxylic acids is 1. The van der Waals surface area contributed by atoms with Gasteiger partial charge in [0.05, 0.1) is 5.92 Å². The first-order valence-electron chi connectivity index (χ1n) is 6.64. The number of nitrogens with one attached hydrogen (secondary N) is 1. The largest absolute Gasteiger partial charge is 0.481 e. The topological polar surface area (TPSA) is 69.6 Å². The number of hydrogen-bond acceptors (Lipinski definition) is 3. The fourth-order valence-electron chi connectivity index (χ4n) is 1.72. The van der Waals surface area contributed by atoms with Gasteiger partial charge in [-0.3, -0.25) is 9.59 Å². The Labute approximate surface area is 119 Å². The first kappa shape index (κ1) is 16.2. The van der Waals surface area contributed by atoms with Crippen LogP contribution >= 0.6 is 0 Å². The molecule has 0 bridgehead atoms. The van der Waals surface area contributed by atoms with Crippen LogP contribution in [0.4, 0.5) is 0 Å². The van der Waals surface area contributed by atoms with Crippen molar-refractivity contribution >= 4 is 11.9 Å². The second kappa shape index (κ2) is 7.65. The summed E-state index contributed by atoms with van der Waals surface area (Å²) in [4.78, 5) is 23.8. The Morgan fingerprint density at radius 1 is 1.25 bits per heavy atom. The number of hydrogen-bond donors (Lipinski definition) is 2. The van der Waals surface area contributed by atoms with Crippen molar-refractivity contribution in [3.63, 3.8) is 0 Å². The zero-order valence-corrected chi connectivity index (χ0v) is 12.2. The Balaban J connectivity index is 2.39. The van der Waals surface area contributed by atoms with E-state index in [2.05, 4.69) is 5.32 Å². The molecule has 1 unspecified atom stereocenters. The van der Waals surface area contributed by atoms with Crippen LogP contribution in [0.15, 0.2) is 24.3 Å². The van der Waals surface area contributed by atoms with E-state index in [1.165, 1.54) is 0 Å². The predicted molar refractivity (Wildman–Crippen MR) is 77.5 cm³/mol. The van der Waals surface area contributed by atoms with Crippen molar-refractivity contribution in [3.05, 3.63) is 35.4 Å². The number of carboxylic acids is 1. The highest BCUT2D eigenvalue weighted by atomic mass is 16.4. The molecule has 110 valence electrons. The van der Waals surface area contributed by atoms with Crippen molar-refractivity contribution in [3.8, 4) is 0 Å². The molecule has 0 radical (unpaired) electrons. The standard InChI is InChI=1S/C15H22N2O3/c1-11(15(19)20)13-6-4-12(5-7-13)10-16-9-8-14(18)17(2)3/h4-7,11,16H,8-10H2,1-3H3,(H,19,20). The quantitative estimate of drug-likeness (QED) is 0.741. The Kier molecular flexibility index (Phi) is 6.18. The van der Waals surface area contributed by atoms with Crippen molar-refractivity contribution in [2.24, 2.45) is 0 Å². The van der Waals surface area contributed by atoms with E-state index in [1.54, 1.807) is 25.9 Å². The van der Waals surface area contributed by atoms with Gasteiger partial charge in [0.1, 0.15) is 0 Å². The van der Waals surface area contributed by atoms with Gasteiger partial charge in [-0.15, -0.1) is 0 Å². The van der Waals surface area contributed by atoms with Crippen molar-refractivity contribution in [1.29, 1.82) is 0 Å². The van der Waals surface area contributed by atoms with Crippen LogP contribution < -0.4 is 5.32 Å². The van der Waals surface area contributed by atoms with Crippen molar-refractivity contribution in [1.82, 2.24) is 10.2 Å². The fraction of sp³-hybridized carbons (Fsp3) is 0.467. The molecular formula is C15H22N2O3. The molecule has 0 aliphatic carbocycles. The zero-order valence-electron chi connectivity index (χ0n) is 12.2. The van der Waals surface area contributed by atoms with Gasteiger partial charge in [-0.05, 0) is 18.1 Å². The van der Waals surface area contributed by atoms with Crippen LogP contribution in [0.5, 0.6) is 0 Å². The molecular weight excluding hydrogens is 256 g/mol. The summed E-state index contributed by atoms with van der Waals surface area (Å²) in [6.07, 6.45) is 0.473. The number of carbonyl (C=O) groups is 2. The number of benzene rings is 1. The van der Waals surface area contributed by atoms with E-state index in [1.807, 2.05) is 24.3 Å². The second-order valence-electron chi connectivity index (χ2n) is 5.02. The molecule has 0 saturated carbocycles. The lowest BCUT2D eigenvalue weighted by Crippen LogP contribution is -2.26. The Bertz CT molecular complexity index is 455. The first-order chi connectivity index (χ1) is 9.41. The highest BCUT2D eigenvalue weighted by Gasteiger charge is 2.12. The Morgan fingerprint density at radius 2 is 1.85 bits per heavy atom. The Hall–Kier alpha value is -1.88. The third kappa shape index (κ3) is 5.01. The lowest BCUT2D eigenvalue weighted by molar-refractivity contribution is -0.138. The van der Waals surface area contributed by atoms with Crippen LogP contribution in [0.2, 0.25) is 0 Å². The van der Waals surface area contributed by atoms with Crippen molar-refractivity contribution in [2.75, 3.05) is 20.6 Å². The smallest absolute Gasteiger partial charge is 0.310 e. The molecule has 1 rings (SSSR count). The molecule has 0 spiro atoms. The minimum Gasteiger partial charge on any atom is -0.481 e. The van der Waals surface area contributed by atoms with Gasteiger partial charge in [-0.2, -0.15) is 0 Å². The molecule has 0 heterocycles. The molecule has 1 aromatic carbocycles. The molecule has 0 fully saturated rings. The maximum Gasteiger partial charge on any atom is 0.310 e. The van der Waals surface area contributed by atoms with Crippen LogP contribution in [0, 0.1) is 0 Å². The molecule has 1 aromatic rings. The number of carboxylic acid groups (broad SMARTS) is 1. The minimum atomic E-state index is -0.821. The molecule has 1 amide bonds. The summed E-state index contributed by atoms with van der Waals surface area (Å²) in [6.45, 7) is 2.97. The van der Waals surface area contributed by atoms with Gasteiger partial charge in [0.25, 0.3) is 0 Å². The zero-order chi connectivity index (χ0) is 15.1. The fourth-order valence-corrected chi connectivity index (χ4v) is 1.72. The monoisotopic (exact) mass is 278 g/mol. The summed E-state index contributed by atoms with van der Waals surface area (Å²) >= 11 is 0. The van der Waals surface area contributed by atoms with E-state index >= 15 is 0 Å². The lowest BCUT2D eigenvalue weighted by Gasteiger charge is -2.11. The summed E-state index contributed by atoms with van der Waals surface area (Å²) < 4.78 is 0. The summed E-state index contributed by atoms with van der Waals surface area (Å²) in [5, 5.41) is 12.1. The molecule has 2 N–H and O–H groups in total. The van der Waals surface area contributed by atoms with E-state index in [-0.39, 0.29) is 5.91 Å². The number of nitrogens with zero attached hydrogens (tertiary/aromatic N) is 1. The van der Waals surface area contributed by atoms with Crippen LogP contribution in [0.1, 0.15) is 30.4 Å². The summed E-state index contributed by atoms with van der Waals surface area (Å²) in [7, 11) is 3.48. The van der Waals surface area contributed by atoms with Crippen LogP contribution in [-0.4, -0.2) is 42.5 Å². The molecule has 0 aliphatic heterocycles. The third-order valence-electron chi connectivity index (χ3n) is 3.19. The number of rotatable bonds is 7. The second-order valence-corrected chi connectivity index (χ2v) is 5.02. The van der Waals surface area contributed by atoms with Crippen molar-refractivity contribution < 1.29 is 14.7 Å². The molecule has 5 heteroatoms. The first-order valence-corrected chi connectivity index (χ1v) is 6.64. The highest BCUT2D eigenvalue weighted by molar-refractivity contribution is 5.76. The van der Waals surface area contributed by atoms with Gasteiger partial charge >= 0.3 is 5.97 Å². The molecule has 1 atom stereocenters. The van der Waals surface area contributed by atoms with E-state index in [9.17, 15) is 9.59 Å². The Morgan fingerprint density at radius 3 is 2.35 bits per heavy atom. The van der Waals surface area contributed by atoms with E-state index in [4.69, 9.17) is 5.11 Å².